The van der Waals surface area contributed by atoms with Crippen LogP contribution >= 0.6 is 0 Å². The Morgan fingerprint density at radius 1 is 1.35 bits per heavy atom. The average Bonchev–Trinajstić information content (AvgIpc) is 2.17. The molecule has 0 unspecified atom stereocenters. The molecule has 96 valence electrons. The molecule has 0 aliphatic carbocycles. The zero-order valence-electron chi connectivity index (χ0n) is 11.0. The second kappa shape index (κ2) is 5.09. The summed E-state index contributed by atoms with van der Waals surface area (Å²) in [4.78, 5) is 24.3. The molecule has 2 amide bonds. The monoisotopic (exact) mass is 240 g/mol. The number of amides is 2. The Hall–Kier alpha value is -1.70. The van der Waals surface area contributed by atoms with Crippen LogP contribution in [0.25, 0.3) is 0 Å². The number of rotatable bonds is 4. The lowest BCUT2D eigenvalue weighted by atomic mass is 10.0. The van der Waals surface area contributed by atoms with Crippen LogP contribution in [0.1, 0.15) is 34.6 Å². The van der Waals surface area contributed by atoms with E-state index in [0.717, 1.165) is 0 Å². The number of terminal acetylenes is 1. The third-order valence-corrected chi connectivity index (χ3v) is 2.54. The SMILES string of the molecule is C#CC(C)(C)NC(=O)N(CC)C(C)(C)C(=O)O. The van der Waals surface area contributed by atoms with Crippen LogP contribution in [-0.2, 0) is 4.79 Å². The number of nitrogens with zero attached hydrogens (tertiary/aromatic N) is 1. The van der Waals surface area contributed by atoms with Gasteiger partial charge in [0.25, 0.3) is 0 Å². The topological polar surface area (TPSA) is 69.6 Å². The molecule has 5 nitrogen and oxygen atoms in total. The Bertz CT molecular complexity index is 353. The van der Waals surface area contributed by atoms with E-state index in [-0.39, 0.29) is 6.54 Å². The zero-order valence-corrected chi connectivity index (χ0v) is 11.0. The van der Waals surface area contributed by atoms with Crippen molar-refractivity contribution in [2.45, 2.75) is 45.7 Å². The molecule has 0 atom stereocenters. The van der Waals surface area contributed by atoms with Gasteiger partial charge in [0.1, 0.15) is 5.54 Å². The van der Waals surface area contributed by atoms with Crippen molar-refractivity contribution in [3.63, 3.8) is 0 Å². The quantitative estimate of drug-likeness (QED) is 0.727. The molecule has 0 rings (SSSR count). The number of nitrogens with one attached hydrogen (secondary N) is 1. The minimum atomic E-state index is -1.27. The third-order valence-electron chi connectivity index (χ3n) is 2.54. The van der Waals surface area contributed by atoms with Gasteiger partial charge in [0.2, 0.25) is 0 Å². The molecule has 0 fully saturated rings. The van der Waals surface area contributed by atoms with E-state index in [4.69, 9.17) is 11.5 Å². The predicted octanol–water partition coefficient (Wildman–Crippen LogP) is 1.29. The highest BCUT2D eigenvalue weighted by atomic mass is 16.4. The Balaban J connectivity index is 5.00. The summed E-state index contributed by atoms with van der Waals surface area (Å²) in [6.45, 7) is 8.29. The predicted molar refractivity (Wildman–Crippen MR) is 65.5 cm³/mol. The second-order valence-corrected chi connectivity index (χ2v) is 4.81. The number of hydrogen-bond donors (Lipinski definition) is 2. The summed E-state index contributed by atoms with van der Waals surface area (Å²) in [6.07, 6.45) is 5.27. The molecule has 0 spiro atoms. The maximum absolute atomic E-state index is 12.0. The molecule has 0 saturated carbocycles. The van der Waals surface area contributed by atoms with E-state index in [1.54, 1.807) is 20.8 Å². The maximum Gasteiger partial charge on any atom is 0.329 e. The number of hydrogen-bond acceptors (Lipinski definition) is 2. The highest BCUT2D eigenvalue weighted by Gasteiger charge is 2.38. The Labute approximate surface area is 102 Å². The first-order valence-electron chi connectivity index (χ1n) is 5.39. The van der Waals surface area contributed by atoms with Gasteiger partial charge < -0.3 is 15.3 Å². The Kier molecular flexibility index (Phi) is 4.58. The molecule has 0 saturated heterocycles. The Morgan fingerprint density at radius 3 is 2.12 bits per heavy atom. The summed E-state index contributed by atoms with van der Waals surface area (Å²) in [6, 6.07) is -0.483. The molecule has 0 aromatic carbocycles. The third kappa shape index (κ3) is 3.66. The number of carboxylic acid groups (broad SMARTS) is 1. The van der Waals surface area contributed by atoms with Crippen molar-refractivity contribution in [2.24, 2.45) is 0 Å². The zero-order chi connectivity index (χ0) is 13.9. The molecule has 17 heavy (non-hydrogen) atoms. The van der Waals surface area contributed by atoms with Gasteiger partial charge in [0.05, 0.1) is 5.54 Å². The number of urea groups is 1. The van der Waals surface area contributed by atoms with Crippen LogP contribution < -0.4 is 5.32 Å². The van der Waals surface area contributed by atoms with Gasteiger partial charge in [-0.05, 0) is 34.6 Å². The Morgan fingerprint density at radius 2 is 1.82 bits per heavy atom. The molecule has 0 aromatic heterocycles. The van der Waals surface area contributed by atoms with Crippen LogP contribution in [0.5, 0.6) is 0 Å². The van der Waals surface area contributed by atoms with E-state index in [1.165, 1.54) is 18.7 Å². The molecular weight excluding hydrogens is 220 g/mol. The fourth-order valence-corrected chi connectivity index (χ4v) is 1.28. The highest BCUT2D eigenvalue weighted by Crippen LogP contribution is 2.15. The summed E-state index contributed by atoms with van der Waals surface area (Å²) < 4.78 is 0. The van der Waals surface area contributed by atoms with Gasteiger partial charge in [0.15, 0.2) is 0 Å². The van der Waals surface area contributed by atoms with Gasteiger partial charge in [-0.25, -0.2) is 9.59 Å². The number of carbonyl (C=O) groups is 2. The van der Waals surface area contributed by atoms with Crippen molar-refractivity contribution < 1.29 is 14.7 Å². The first-order valence-corrected chi connectivity index (χ1v) is 5.39. The number of aliphatic carboxylic acids is 1. The van der Waals surface area contributed by atoms with E-state index >= 15 is 0 Å². The van der Waals surface area contributed by atoms with Crippen molar-refractivity contribution >= 4 is 12.0 Å². The first-order chi connectivity index (χ1) is 7.58. The van der Waals surface area contributed by atoms with Crippen molar-refractivity contribution in [1.29, 1.82) is 0 Å². The molecule has 0 aliphatic heterocycles. The van der Waals surface area contributed by atoms with E-state index in [0.29, 0.717) is 0 Å². The first kappa shape index (κ1) is 15.3. The molecule has 5 heteroatoms. The van der Waals surface area contributed by atoms with Crippen LogP contribution in [0.2, 0.25) is 0 Å². The van der Waals surface area contributed by atoms with Gasteiger partial charge in [-0.2, -0.15) is 0 Å². The molecule has 0 heterocycles. The summed E-state index contributed by atoms with van der Waals surface area (Å²) in [5.74, 6) is 1.36. The van der Waals surface area contributed by atoms with Gasteiger partial charge in [-0.3, -0.25) is 0 Å². The van der Waals surface area contributed by atoms with Crippen molar-refractivity contribution in [1.82, 2.24) is 10.2 Å². The van der Waals surface area contributed by atoms with Crippen LogP contribution in [0.15, 0.2) is 0 Å². The molecule has 2 N–H and O–H groups in total. The summed E-state index contributed by atoms with van der Waals surface area (Å²) in [5.41, 5.74) is -2.08. The van der Waals surface area contributed by atoms with Crippen molar-refractivity contribution in [3.8, 4) is 12.3 Å². The standard InChI is InChI=1S/C12H20N2O3/c1-7-11(3,4)13-10(17)14(8-2)12(5,6)9(15)16/h1H,8H2,2-6H3,(H,13,17)(H,15,16). The molecule has 0 bridgehead atoms. The molecular formula is C12H20N2O3. The van der Waals surface area contributed by atoms with Gasteiger partial charge in [0, 0.05) is 6.54 Å². The smallest absolute Gasteiger partial charge is 0.329 e. The summed E-state index contributed by atoms with van der Waals surface area (Å²) in [5, 5.41) is 11.7. The van der Waals surface area contributed by atoms with E-state index in [2.05, 4.69) is 11.2 Å². The molecule has 0 aromatic rings. The summed E-state index contributed by atoms with van der Waals surface area (Å²) >= 11 is 0. The van der Waals surface area contributed by atoms with Gasteiger partial charge in [-0.15, -0.1) is 6.42 Å². The van der Waals surface area contributed by atoms with Crippen LogP contribution in [0.4, 0.5) is 4.79 Å². The second-order valence-electron chi connectivity index (χ2n) is 4.81. The van der Waals surface area contributed by atoms with Crippen molar-refractivity contribution in [2.75, 3.05) is 6.54 Å². The highest BCUT2D eigenvalue weighted by molar-refractivity contribution is 5.86. The van der Waals surface area contributed by atoms with E-state index in [1.807, 2.05) is 0 Å². The fraction of sp³-hybridized carbons (Fsp3) is 0.667. The number of carboxylic acids is 1. The fourth-order valence-electron chi connectivity index (χ4n) is 1.28. The van der Waals surface area contributed by atoms with Crippen LogP contribution in [-0.4, -0.2) is 39.6 Å². The van der Waals surface area contributed by atoms with Crippen molar-refractivity contribution in [3.05, 3.63) is 0 Å². The maximum atomic E-state index is 12.0. The summed E-state index contributed by atoms with van der Waals surface area (Å²) in [7, 11) is 0. The van der Waals surface area contributed by atoms with Gasteiger partial charge in [-0.1, -0.05) is 5.92 Å². The average molecular weight is 240 g/mol. The van der Waals surface area contributed by atoms with E-state index < -0.39 is 23.1 Å². The lowest BCUT2D eigenvalue weighted by Gasteiger charge is -2.36. The minimum Gasteiger partial charge on any atom is -0.480 e. The van der Waals surface area contributed by atoms with Gasteiger partial charge >= 0.3 is 12.0 Å². The van der Waals surface area contributed by atoms with E-state index in [9.17, 15) is 9.59 Å². The normalized spacial score (nSPS) is 11.5. The molecule has 0 aliphatic rings. The lowest BCUT2D eigenvalue weighted by molar-refractivity contribution is -0.147. The van der Waals surface area contributed by atoms with Crippen LogP contribution in [0, 0.1) is 12.3 Å². The lowest BCUT2D eigenvalue weighted by Crippen LogP contribution is -2.59. The largest absolute Gasteiger partial charge is 0.480 e. The molecule has 0 radical (unpaired) electrons. The minimum absolute atomic E-state index is 0.284. The number of carbonyl (C=O) groups excluding carboxylic acids is 1. The van der Waals surface area contributed by atoms with Crippen LogP contribution in [0.3, 0.4) is 0 Å². The number of likely N-dealkylation sites (N-methyl/N-ethyl adjacent to an activating group) is 1.